The number of hydrogen-bond donors (Lipinski definition) is 1. The molecular formula is C21H20ClN3O4S. The fourth-order valence-electron chi connectivity index (χ4n) is 3.37. The van der Waals surface area contributed by atoms with Crippen LogP contribution in [0.15, 0.2) is 53.6 Å². The van der Waals surface area contributed by atoms with Crippen LogP contribution in [0, 0.1) is 6.92 Å². The van der Waals surface area contributed by atoms with E-state index in [2.05, 4.69) is 10.3 Å². The van der Waals surface area contributed by atoms with E-state index in [9.17, 15) is 13.2 Å². The Morgan fingerprint density at radius 1 is 1.17 bits per heavy atom. The van der Waals surface area contributed by atoms with Crippen molar-refractivity contribution in [2.75, 3.05) is 31.6 Å². The third-order valence-electron chi connectivity index (χ3n) is 5.05. The van der Waals surface area contributed by atoms with E-state index in [1.807, 2.05) is 6.92 Å². The molecule has 7 nitrogen and oxygen atoms in total. The lowest BCUT2D eigenvalue weighted by Crippen LogP contribution is -2.40. The number of aryl methyl sites for hydroxylation is 1. The molecule has 1 amide bonds. The van der Waals surface area contributed by atoms with E-state index in [-0.39, 0.29) is 10.5 Å². The molecular weight excluding hydrogens is 426 g/mol. The second-order valence-electron chi connectivity index (χ2n) is 6.93. The zero-order chi connectivity index (χ0) is 21.3. The Labute approximate surface area is 179 Å². The number of halogens is 1. The summed E-state index contributed by atoms with van der Waals surface area (Å²) in [6.07, 6.45) is 1.60. The van der Waals surface area contributed by atoms with E-state index in [1.165, 1.54) is 16.4 Å². The summed E-state index contributed by atoms with van der Waals surface area (Å²) in [5, 5.41) is 4.21. The lowest BCUT2D eigenvalue weighted by molar-refractivity contribution is 0.0730. The van der Waals surface area contributed by atoms with Gasteiger partial charge in [-0.2, -0.15) is 4.31 Å². The standard InChI is InChI=1S/C21H20ClN3O4S/c1-14-18(22)6-5-17-19(7-8-23-20(14)17)24-21(26)15-3-2-4-16(13-15)30(27,28)25-9-11-29-12-10-25/h2-8,13H,9-12H2,1H3,(H,23,24,26). The van der Waals surface area contributed by atoms with Gasteiger partial charge in [-0.1, -0.05) is 17.7 Å². The molecule has 0 aliphatic carbocycles. The number of sulfonamides is 1. The predicted octanol–water partition coefficient (Wildman–Crippen LogP) is 3.47. The summed E-state index contributed by atoms with van der Waals surface area (Å²) in [5.74, 6) is -0.408. The van der Waals surface area contributed by atoms with Crippen molar-refractivity contribution in [2.24, 2.45) is 0 Å². The Balaban J connectivity index is 1.63. The van der Waals surface area contributed by atoms with Gasteiger partial charge >= 0.3 is 0 Å². The number of fused-ring (bicyclic) bond motifs is 1. The third-order valence-corrected chi connectivity index (χ3v) is 7.36. The number of rotatable bonds is 4. The van der Waals surface area contributed by atoms with Gasteiger partial charge < -0.3 is 10.1 Å². The van der Waals surface area contributed by atoms with Crippen molar-refractivity contribution in [3.63, 3.8) is 0 Å². The van der Waals surface area contributed by atoms with E-state index in [0.29, 0.717) is 42.5 Å². The van der Waals surface area contributed by atoms with E-state index >= 15 is 0 Å². The van der Waals surface area contributed by atoms with E-state index in [0.717, 1.165) is 10.9 Å². The minimum absolute atomic E-state index is 0.0827. The number of nitrogens with one attached hydrogen (secondary N) is 1. The van der Waals surface area contributed by atoms with Gasteiger partial charge in [0.2, 0.25) is 10.0 Å². The maximum atomic E-state index is 12.9. The summed E-state index contributed by atoms with van der Waals surface area (Å²) in [6.45, 7) is 3.17. The molecule has 1 saturated heterocycles. The Bertz CT molecular complexity index is 1220. The molecule has 3 aromatic rings. The van der Waals surface area contributed by atoms with Gasteiger partial charge in [-0.25, -0.2) is 8.42 Å². The van der Waals surface area contributed by atoms with Gasteiger partial charge in [0.25, 0.3) is 5.91 Å². The van der Waals surface area contributed by atoms with Gasteiger partial charge in [0.05, 0.1) is 29.3 Å². The van der Waals surface area contributed by atoms with Crippen LogP contribution in [0.4, 0.5) is 5.69 Å². The lowest BCUT2D eigenvalue weighted by Gasteiger charge is -2.26. The summed E-state index contributed by atoms with van der Waals surface area (Å²) >= 11 is 6.17. The topological polar surface area (TPSA) is 88.6 Å². The van der Waals surface area contributed by atoms with E-state index in [1.54, 1.807) is 36.5 Å². The van der Waals surface area contributed by atoms with Crippen LogP contribution < -0.4 is 5.32 Å². The molecule has 0 atom stereocenters. The van der Waals surface area contributed by atoms with Crippen molar-refractivity contribution in [1.29, 1.82) is 0 Å². The zero-order valence-electron chi connectivity index (χ0n) is 16.3. The average molecular weight is 446 g/mol. The van der Waals surface area contributed by atoms with Gasteiger partial charge in [-0.05, 0) is 48.9 Å². The SMILES string of the molecule is Cc1c(Cl)ccc2c(NC(=O)c3cccc(S(=O)(=O)N4CCOCC4)c3)ccnc12. The molecule has 2 aromatic carbocycles. The minimum Gasteiger partial charge on any atom is -0.379 e. The molecule has 1 aromatic heterocycles. The van der Waals surface area contributed by atoms with Crippen molar-refractivity contribution in [2.45, 2.75) is 11.8 Å². The van der Waals surface area contributed by atoms with E-state index < -0.39 is 15.9 Å². The largest absolute Gasteiger partial charge is 0.379 e. The Hall–Kier alpha value is -2.52. The lowest BCUT2D eigenvalue weighted by atomic mass is 10.1. The number of carbonyl (C=O) groups excluding carboxylic acids is 1. The molecule has 2 heterocycles. The van der Waals surface area contributed by atoms with Crippen molar-refractivity contribution in [3.05, 3.63) is 64.8 Å². The molecule has 4 rings (SSSR count). The van der Waals surface area contributed by atoms with Crippen molar-refractivity contribution >= 4 is 44.1 Å². The Morgan fingerprint density at radius 2 is 1.93 bits per heavy atom. The van der Waals surface area contributed by atoms with Crippen LogP contribution in [0.3, 0.4) is 0 Å². The third kappa shape index (κ3) is 3.91. The van der Waals surface area contributed by atoms with Crippen LogP contribution in [0.5, 0.6) is 0 Å². The first-order valence-electron chi connectivity index (χ1n) is 9.41. The van der Waals surface area contributed by atoms with Crippen LogP contribution in [0.2, 0.25) is 5.02 Å². The molecule has 9 heteroatoms. The number of morpholine rings is 1. The van der Waals surface area contributed by atoms with Gasteiger partial charge in [-0.3, -0.25) is 9.78 Å². The normalized spacial score (nSPS) is 15.3. The van der Waals surface area contributed by atoms with Crippen LogP contribution in [-0.2, 0) is 14.8 Å². The summed E-state index contributed by atoms with van der Waals surface area (Å²) in [4.78, 5) is 17.3. The molecule has 0 bridgehead atoms. The summed E-state index contributed by atoms with van der Waals surface area (Å²) in [7, 11) is -3.69. The number of pyridine rings is 1. The number of nitrogens with zero attached hydrogens (tertiary/aromatic N) is 2. The van der Waals surface area contributed by atoms with Crippen molar-refractivity contribution < 1.29 is 17.9 Å². The first kappa shape index (κ1) is 20.7. The van der Waals surface area contributed by atoms with Crippen molar-refractivity contribution in [3.8, 4) is 0 Å². The molecule has 156 valence electrons. The molecule has 1 aliphatic rings. The second-order valence-corrected chi connectivity index (χ2v) is 9.27. The minimum atomic E-state index is -3.69. The highest BCUT2D eigenvalue weighted by Crippen LogP contribution is 2.29. The van der Waals surface area contributed by atoms with E-state index in [4.69, 9.17) is 16.3 Å². The molecule has 0 spiro atoms. The first-order chi connectivity index (χ1) is 14.4. The van der Waals surface area contributed by atoms with Gasteiger partial charge in [0.15, 0.2) is 0 Å². The molecule has 1 aliphatic heterocycles. The average Bonchev–Trinajstić information content (AvgIpc) is 2.77. The highest BCUT2D eigenvalue weighted by atomic mass is 35.5. The van der Waals surface area contributed by atoms with Crippen LogP contribution in [0.1, 0.15) is 15.9 Å². The number of hydrogen-bond acceptors (Lipinski definition) is 5. The number of aromatic nitrogens is 1. The molecule has 0 saturated carbocycles. The van der Waals surface area contributed by atoms with Gasteiger partial charge in [-0.15, -0.1) is 0 Å². The summed E-state index contributed by atoms with van der Waals surface area (Å²) < 4.78 is 32.4. The maximum Gasteiger partial charge on any atom is 0.255 e. The number of ether oxygens (including phenoxy) is 1. The highest BCUT2D eigenvalue weighted by molar-refractivity contribution is 7.89. The van der Waals surface area contributed by atoms with Crippen LogP contribution >= 0.6 is 11.6 Å². The van der Waals surface area contributed by atoms with Gasteiger partial charge in [0, 0.05) is 35.3 Å². The first-order valence-corrected chi connectivity index (χ1v) is 11.2. The number of carbonyl (C=O) groups is 1. The fraction of sp³-hybridized carbons (Fsp3) is 0.238. The zero-order valence-corrected chi connectivity index (χ0v) is 17.8. The fourth-order valence-corrected chi connectivity index (χ4v) is 4.98. The van der Waals surface area contributed by atoms with Gasteiger partial charge in [0.1, 0.15) is 0 Å². The second kappa shape index (κ2) is 8.31. The van der Waals surface area contributed by atoms with Crippen molar-refractivity contribution in [1.82, 2.24) is 9.29 Å². The molecule has 1 N–H and O–H groups in total. The molecule has 0 radical (unpaired) electrons. The highest BCUT2D eigenvalue weighted by Gasteiger charge is 2.27. The predicted molar refractivity (Wildman–Crippen MR) is 115 cm³/mol. The number of anilines is 1. The quantitative estimate of drug-likeness (QED) is 0.664. The molecule has 30 heavy (non-hydrogen) atoms. The summed E-state index contributed by atoms with van der Waals surface area (Å²) in [6, 6.07) is 11.3. The Kier molecular flexibility index (Phi) is 5.75. The number of amides is 1. The van der Waals surface area contributed by atoms with Crippen LogP contribution in [-0.4, -0.2) is 49.9 Å². The Morgan fingerprint density at radius 3 is 2.70 bits per heavy atom. The smallest absolute Gasteiger partial charge is 0.255 e. The van der Waals surface area contributed by atoms with Crippen LogP contribution in [0.25, 0.3) is 10.9 Å². The molecule has 0 unspecified atom stereocenters. The molecule has 1 fully saturated rings. The number of benzene rings is 2. The monoisotopic (exact) mass is 445 g/mol. The summed E-state index contributed by atoms with van der Waals surface area (Å²) in [5.41, 5.74) is 2.35. The maximum absolute atomic E-state index is 12.9.